The van der Waals surface area contributed by atoms with Crippen LogP contribution in [0.2, 0.25) is 0 Å². The standard InChI is InChI=1S/C27H24BrN3O2/c1-15-7-9-18(10-8-15)14-31-25(19-5-4-6-20(28)13-19)22-23(29-30-24(22)27(31)33)21-12-16(2)11-17(3)26(21)32/h4-13,25,32H,14H2,1-3H3,(H,29,30). The maximum absolute atomic E-state index is 13.6. The van der Waals surface area contributed by atoms with Crippen LogP contribution in [0.4, 0.5) is 0 Å². The predicted octanol–water partition coefficient (Wildman–Crippen LogP) is 6.22. The van der Waals surface area contributed by atoms with Gasteiger partial charge < -0.3 is 10.0 Å². The molecule has 2 heterocycles. The molecule has 4 aromatic rings. The van der Waals surface area contributed by atoms with Crippen LogP contribution in [0.3, 0.4) is 0 Å². The maximum Gasteiger partial charge on any atom is 0.273 e. The number of hydrogen-bond donors (Lipinski definition) is 2. The predicted molar refractivity (Wildman–Crippen MR) is 132 cm³/mol. The Morgan fingerprint density at radius 1 is 1.03 bits per heavy atom. The zero-order chi connectivity index (χ0) is 23.3. The Kier molecular flexibility index (Phi) is 5.33. The second-order valence-electron chi connectivity index (χ2n) is 8.72. The molecule has 0 bridgehead atoms. The Labute approximate surface area is 201 Å². The number of carbonyl (C=O) groups excluding carboxylic acids is 1. The van der Waals surface area contributed by atoms with E-state index < -0.39 is 0 Å². The molecule has 6 heteroatoms. The topological polar surface area (TPSA) is 69.2 Å². The highest BCUT2D eigenvalue weighted by Crippen LogP contribution is 2.46. The summed E-state index contributed by atoms with van der Waals surface area (Å²) in [5, 5.41) is 18.3. The number of phenols is 1. The average molecular weight is 502 g/mol. The Balaban J connectivity index is 1.69. The van der Waals surface area contributed by atoms with Crippen LogP contribution in [0, 0.1) is 20.8 Å². The van der Waals surface area contributed by atoms with Crippen molar-refractivity contribution in [3.8, 4) is 17.0 Å². The largest absolute Gasteiger partial charge is 0.507 e. The summed E-state index contributed by atoms with van der Waals surface area (Å²) in [4.78, 5) is 15.5. The van der Waals surface area contributed by atoms with E-state index in [-0.39, 0.29) is 17.7 Å². The Bertz CT molecular complexity index is 1370. The molecule has 0 aliphatic carbocycles. The number of nitrogens with one attached hydrogen (secondary N) is 1. The third-order valence-corrected chi connectivity index (χ3v) is 6.69. The quantitative estimate of drug-likeness (QED) is 0.348. The number of nitrogens with zero attached hydrogens (tertiary/aromatic N) is 2. The Morgan fingerprint density at radius 3 is 2.52 bits per heavy atom. The lowest BCUT2D eigenvalue weighted by atomic mass is 9.94. The molecule has 33 heavy (non-hydrogen) atoms. The van der Waals surface area contributed by atoms with Gasteiger partial charge in [0, 0.05) is 22.1 Å². The molecule has 3 aromatic carbocycles. The number of aromatic amines is 1. The van der Waals surface area contributed by atoms with Crippen molar-refractivity contribution in [2.75, 3.05) is 0 Å². The van der Waals surface area contributed by atoms with Gasteiger partial charge in [0.2, 0.25) is 0 Å². The number of amides is 1. The fourth-order valence-corrected chi connectivity index (χ4v) is 5.04. The minimum atomic E-state index is -0.333. The molecule has 166 valence electrons. The normalized spacial score (nSPS) is 15.2. The fraction of sp³-hybridized carbons (Fsp3) is 0.185. The second-order valence-corrected chi connectivity index (χ2v) is 9.63. The molecule has 0 spiro atoms. The lowest BCUT2D eigenvalue weighted by Crippen LogP contribution is -2.29. The summed E-state index contributed by atoms with van der Waals surface area (Å²) in [6, 6.07) is 19.8. The number of aromatic nitrogens is 2. The maximum atomic E-state index is 13.6. The van der Waals surface area contributed by atoms with E-state index in [4.69, 9.17) is 0 Å². The van der Waals surface area contributed by atoms with Gasteiger partial charge >= 0.3 is 0 Å². The van der Waals surface area contributed by atoms with E-state index in [9.17, 15) is 9.90 Å². The van der Waals surface area contributed by atoms with E-state index in [1.54, 1.807) is 0 Å². The summed E-state index contributed by atoms with van der Waals surface area (Å²) in [6.45, 7) is 6.38. The number of H-pyrrole nitrogens is 1. The van der Waals surface area contributed by atoms with Crippen molar-refractivity contribution in [2.45, 2.75) is 33.4 Å². The van der Waals surface area contributed by atoms with Gasteiger partial charge in [-0.1, -0.05) is 64.0 Å². The minimum Gasteiger partial charge on any atom is -0.507 e. The summed E-state index contributed by atoms with van der Waals surface area (Å²) >= 11 is 3.58. The number of aryl methyl sites for hydroxylation is 3. The molecule has 1 amide bonds. The monoisotopic (exact) mass is 501 g/mol. The smallest absolute Gasteiger partial charge is 0.273 e. The van der Waals surface area contributed by atoms with Crippen LogP contribution in [-0.2, 0) is 6.54 Å². The zero-order valence-electron chi connectivity index (χ0n) is 18.7. The van der Waals surface area contributed by atoms with Crippen molar-refractivity contribution in [1.29, 1.82) is 0 Å². The van der Waals surface area contributed by atoms with E-state index in [1.165, 1.54) is 5.56 Å². The molecular formula is C27H24BrN3O2. The highest BCUT2D eigenvalue weighted by molar-refractivity contribution is 9.10. The molecule has 1 aliphatic heterocycles. The van der Waals surface area contributed by atoms with Crippen molar-refractivity contribution in [1.82, 2.24) is 15.1 Å². The summed E-state index contributed by atoms with van der Waals surface area (Å²) in [7, 11) is 0. The number of benzene rings is 3. The van der Waals surface area contributed by atoms with Crippen molar-refractivity contribution >= 4 is 21.8 Å². The molecule has 2 N–H and O–H groups in total. The van der Waals surface area contributed by atoms with Crippen LogP contribution in [0.5, 0.6) is 5.75 Å². The van der Waals surface area contributed by atoms with Gasteiger partial charge in [0.25, 0.3) is 5.91 Å². The van der Waals surface area contributed by atoms with Crippen LogP contribution in [-0.4, -0.2) is 26.1 Å². The first-order valence-electron chi connectivity index (χ1n) is 10.8. The highest BCUT2D eigenvalue weighted by atomic mass is 79.9. The first kappa shape index (κ1) is 21.5. The molecule has 1 unspecified atom stereocenters. The molecule has 0 radical (unpaired) electrons. The molecule has 0 saturated carbocycles. The van der Waals surface area contributed by atoms with Crippen LogP contribution in [0.15, 0.2) is 65.1 Å². The average Bonchev–Trinajstić information content (AvgIpc) is 3.31. The van der Waals surface area contributed by atoms with Crippen molar-refractivity contribution in [2.24, 2.45) is 0 Å². The molecule has 5 nitrogen and oxygen atoms in total. The molecule has 0 fully saturated rings. The van der Waals surface area contributed by atoms with Gasteiger partial charge in [-0.2, -0.15) is 5.10 Å². The van der Waals surface area contributed by atoms with Gasteiger partial charge in [-0.3, -0.25) is 9.89 Å². The summed E-state index contributed by atoms with van der Waals surface area (Å²) < 4.78 is 0.940. The second kappa shape index (κ2) is 8.19. The van der Waals surface area contributed by atoms with Crippen LogP contribution in [0.1, 0.15) is 49.9 Å². The lowest BCUT2D eigenvalue weighted by molar-refractivity contribution is 0.0730. The summed E-state index contributed by atoms with van der Waals surface area (Å²) in [5.41, 5.74) is 7.54. The molecule has 1 atom stereocenters. The van der Waals surface area contributed by atoms with Gasteiger partial charge in [0.05, 0.1) is 6.04 Å². The van der Waals surface area contributed by atoms with Gasteiger partial charge in [0.15, 0.2) is 0 Å². The van der Waals surface area contributed by atoms with Crippen molar-refractivity contribution < 1.29 is 9.90 Å². The van der Waals surface area contributed by atoms with Gasteiger partial charge in [0.1, 0.15) is 17.1 Å². The van der Waals surface area contributed by atoms with E-state index in [2.05, 4.69) is 50.4 Å². The van der Waals surface area contributed by atoms with Crippen LogP contribution in [0.25, 0.3) is 11.3 Å². The first-order valence-corrected chi connectivity index (χ1v) is 11.6. The van der Waals surface area contributed by atoms with E-state index in [0.717, 1.165) is 32.3 Å². The number of phenolic OH excluding ortho intramolecular Hbond substituents is 1. The number of halogens is 1. The van der Waals surface area contributed by atoms with Crippen LogP contribution >= 0.6 is 15.9 Å². The number of rotatable bonds is 4. The number of carbonyl (C=O) groups is 1. The molecule has 1 aliphatic rings. The highest BCUT2D eigenvalue weighted by Gasteiger charge is 2.42. The SMILES string of the molecule is Cc1ccc(CN2C(=O)c3[nH]nc(-c4cc(C)cc(C)c4O)c3C2c2cccc(Br)c2)cc1. The number of hydrogen-bond acceptors (Lipinski definition) is 3. The van der Waals surface area contributed by atoms with Gasteiger partial charge in [-0.05, 0) is 61.2 Å². The van der Waals surface area contributed by atoms with E-state index >= 15 is 0 Å². The van der Waals surface area contributed by atoms with Crippen LogP contribution < -0.4 is 0 Å². The zero-order valence-corrected chi connectivity index (χ0v) is 20.3. The van der Waals surface area contributed by atoms with Gasteiger partial charge in [-0.25, -0.2) is 0 Å². The number of aromatic hydroxyl groups is 1. The van der Waals surface area contributed by atoms with E-state index in [1.807, 2.05) is 62.1 Å². The lowest BCUT2D eigenvalue weighted by Gasteiger charge is -2.27. The Morgan fingerprint density at radius 2 is 1.79 bits per heavy atom. The fourth-order valence-electron chi connectivity index (χ4n) is 4.62. The Hall–Kier alpha value is -3.38. The third kappa shape index (κ3) is 3.74. The minimum absolute atomic E-state index is 0.0989. The van der Waals surface area contributed by atoms with Crippen molar-refractivity contribution in [3.63, 3.8) is 0 Å². The van der Waals surface area contributed by atoms with E-state index in [0.29, 0.717) is 23.5 Å². The summed E-state index contributed by atoms with van der Waals surface area (Å²) in [5.74, 6) is 0.0884. The number of fused-ring (bicyclic) bond motifs is 1. The van der Waals surface area contributed by atoms with Gasteiger partial charge in [-0.15, -0.1) is 0 Å². The third-order valence-electron chi connectivity index (χ3n) is 6.20. The van der Waals surface area contributed by atoms with Crippen molar-refractivity contribution in [3.05, 3.63) is 104 Å². The summed E-state index contributed by atoms with van der Waals surface area (Å²) in [6.07, 6.45) is 0. The molecule has 1 aromatic heterocycles. The first-order chi connectivity index (χ1) is 15.8. The molecule has 0 saturated heterocycles. The molecular weight excluding hydrogens is 478 g/mol. The molecule has 5 rings (SSSR count).